The Labute approximate surface area is 67.9 Å². The highest BCUT2D eigenvalue weighted by molar-refractivity contribution is 5.70. The van der Waals surface area contributed by atoms with Gasteiger partial charge in [-0.05, 0) is 18.4 Å². The lowest BCUT2D eigenvalue weighted by Crippen LogP contribution is -1.99. The van der Waals surface area contributed by atoms with Gasteiger partial charge in [0.05, 0.1) is 0 Å². The molecule has 1 atom stereocenters. The van der Waals surface area contributed by atoms with Crippen molar-refractivity contribution in [2.24, 2.45) is 11.0 Å². The van der Waals surface area contributed by atoms with Gasteiger partial charge in [-0.3, -0.25) is 5.01 Å². The van der Waals surface area contributed by atoms with E-state index in [1.165, 1.54) is 0 Å². The number of hydrogen-bond acceptors (Lipinski definition) is 2. The van der Waals surface area contributed by atoms with Crippen molar-refractivity contribution in [2.45, 2.75) is 13.3 Å². The standard InChI is InChI=1S/C9H14N2/c1-9-5-3-7-10-11(2)8-4-6-9/h3-5,7-9H,6H2,1-2H3/b5-3+,8-4+,10-7-. The van der Waals surface area contributed by atoms with Gasteiger partial charge >= 0.3 is 0 Å². The molecule has 1 aliphatic heterocycles. The van der Waals surface area contributed by atoms with Crippen molar-refractivity contribution in [1.29, 1.82) is 0 Å². The molecule has 0 bridgehead atoms. The van der Waals surface area contributed by atoms with Crippen LogP contribution in [0, 0.1) is 5.92 Å². The fraction of sp³-hybridized carbons (Fsp3) is 0.444. The van der Waals surface area contributed by atoms with Crippen LogP contribution in [-0.4, -0.2) is 18.3 Å². The van der Waals surface area contributed by atoms with E-state index < -0.39 is 0 Å². The van der Waals surface area contributed by atoms with Crippen LogP contribution >= 0.6 is 0 Å². The largest absolute Gasteiger partial charge is 0.276 e. The van der Waals surface area contributed by atoms with Crippen molar-refractivity contribution in [3.8, 4) is 0 Å². The van der Waals surface area contributed by atoms with Gasteiger partial charge in [0, 0.05) is 19.5 Å². The highest BCUT2D eigenvalue weighted by Gasteiger charge is 1.93. The minimum absolute atomic E-state index is 0.615. The summed E-state index contributed by atoms with van der Waals surface area (Å²) in [6, 6.07) is 0. The average Bonchev–Trinajstić information content (AvgIpc) is 2.04. The Balaban J connectivity index is 2.63. The van der Waals surface area contributed by atoms with Crippen molar-refractivity contribution >= 4 is 6.21 Å². The summed E-state index contributed by atoms with van der Waals surface area (Å²) in [5.74, 6) is 0.615. The van der Waals surface area contributed by atoms with Gasteiger partial charge in [0.15, 0.2) is 0 Å². The predicted octanol–water partition coefficient (Wildman–Crippen LogP) is 2.01. The van der Waals surface area contributed by atoms with Gasteiger partial charge in [0.1, 0.15) is 0 Å². The lowest BCUT2D eigenvalue weighted by atomic mass is 10.1. The molecule has 0 aromatic rings. The van der Waals surface area contributed by atoms with Gasteiger partial charge < -0.3 is 0 Å². The monoisotopic (exact) mass is 150 g/mol. The third kappa shape index (κ3) is 3.03. The molecule has 0 fully saturated rings. The molecule has 0 spiro atoms. The van der Waals surface area contributed by atoms with Gasteiger partial charge in [-0.1, -0.05) is 19.1 Å². The zero-order chi connectivity index (χ0) is 8.10. The van der Waals surface area contributed by atoms with E-state index in [-0.39, 0.29) is 0 Å². The number of rotatable bonds is 0. The summed E-state index contributed by atoms with van der Waals surface area (Å²) in [5.41, 5.74) is 0. The highest BCUT2D eigenvalue weighted by atomic mass is 15.4. The number of nitrogens with zero attached hydrogens (tertiary/aromatic N) is 2. The maximum atomic E-state index is 4.11. The van der Waals surface area contributed by atoms with E-state index >= 15 is 0 Å². The third-order valence-corrected chi connectivity index (χ3v) is 1.60. The summed E-state index contributed by atoms with van der Waals surface area (Å²) in [6.45, 7) is 2.19. The Morgan fingerprint density at radius 3 is 3.18 bits per heavy atom. The van der Waals surface area contributed by atoms with Crippen LogP contribution in [-0.2, 0) is 0 Å². The summed E-state index contributed by atoms with van der Waals surface area (Å²) in [6.07, 6.45) is 11.2. The first-order valence-electron chi connectivity index (χ1n) is 3.89. The molecule has 0 N–H and O–H groups in total. The van der Waals surface area contributed by atoms with E-state index in [2.05, 4.69) is 24.2 Å². The minimum Gasteiger partial charge on any atom is -0.276 e. The summed E-state index contributed by atoms with van der Waals surface area (Å²) in [7, 11) is 1.93. The van der Waals surface area contributed by atoms with Crippen molar-refractivity contribution < 1.29 is 0 Å². The number of hydrogen-bond donors (Lipinski definition) is 0. The molecule has 0 amide bonds. The number of hydrazone groups is 1. The molecule has 0 saturated heterocycles. The summed E-state index contributed by atoms with van der Waals surface area (Å²) in [4.78, 5) is 0. The fourth-order valence-corrected chi connectivity index (χ4v) is 0.928. The Morgan fingerprint density at radius 1 is 1.55 bits per heavy atom. The zero-order valence-corrected chi connectivity index (χ0v) is 7.07. The van der Waals surface area contributed by atoms with Crippen molar-refractivity contribution in [3.63, 3.8) is 0 Å². The maximum absolute atomic E-state index is 4.11. The van der Waals surface area contributed by atoms with Gasteiger partial charge in [0.25, 0.3) is 0 Å². The summed E-state index contributed by atoms with van der Waals surface area (Å²) in [5, 5.41) is 5.92. The smallest absolute Gasteiger partial charge is 0.0471 e. The van der Waals surface area contributed by atoms with Crippen LogP contribution in [0.15, 0.2) is 29.5 Å². The Hall–Kier alpha value is -1.05. The summed E-state index contributed by atoms with van der Waals surface area (Å²) < 4.78 is 0. The molecule has 60 valence electrons. The zero-order valence-electron chi connectivity index (χ0n) is 7.07. The van der Waals surface area contributed by atoms with E-state index in [0.29, 0.717) is 5.92 Å². The van der Waals surface area contributed by atoms with E-state index in [4.69, 9.17) is 0 Å². The molecular weight excluding hydrogens is 136 g/mol. The molecule has 0 aliphatic carbocycles. The topological polar surface area (TPSA) is 15.6 Å². The molecule has 11 heavy (non-hydrogen) atoms. The normalized spacial score (nSPS) is 33.3. The molecule has 2 heteroatoms. The molecular formula is C9H14N2. The second kappa shape index (κ2) is 3.96. The first kappa shape index (κ1) is 8.05. The Bertz CT molecular complexity index is 192. The minimum atomic E-state index is 0.615. The lowest BCUT2D eigenvalue weighted by Gasteiger charge is -2.03. The van der Waals surface area contributed by atoms with Crippen molar-refractivity contribution in [3.05, 3.63) is 24.4 Å². The number of allylic oxidation sites excluding steroid dienone is 3. The second-order valence-electron chi connectivity index (χ2n) is 2.82. The van der Waals surface area contributed by atoms with Crippen LogP contribution < -0.4 is 0 Å². The SMILES string of the molecule is CC1/C=C/C=N\N(C)/C=C/C1. The van der Waals surface area contributed by atoms with Gasteiger partial charge in [0.2, 0.25) is 0 Å². The quantitative estimate of drug-likeness (QED) is 0.515. The van der Waals surface area contributed by atoms with E-state index in [1.807, 2.05) is 30.5 Å². The highest BCUT2D eigenvalue weighted by Crippen LogP contribution is 2.05. The van der Waals surface area contributed by atoms with Crippen LogP contribution in [0.4, 0.5) is 0 Å². The van der Waals surface area contributed by atoms with E-state index in [1.54, 1.807) is 0 Å². The van der Waals surface area contributed by atoms with Gasteiger partial charge in [-0.2, -0.15) is 5.10 Å². The molecule has 0 saturated carbocycles. The Morgan fingerprint density at radius 2 is 2.36 bits per heavy atom. The van der Waals surface area contributed by atoms with Crippen LogP contribution in [0.5, 0.6) is 0 Å². The van der Waals surface area contributed by atoms with Gasteiger partial charge in [-0.15, -0.1) is 0 Å². The molecule has 2 nitrogen and oxygen atoms in total. The molecule has 1 rings (SSSR count). The van der Waals surface area contributed by atoms with E-state index in [9.17, 15) is 0 Å². The molecule has 0 aromatic carbocycles. The molecule has 0 aromatic heterocycles. The first-order valence-corrected chi connectivity index (χ1v) is 3.89. The van der Waals surface area contributed by atoms with Crippen molar-refractivity contribution in [1.82, 2.24) is 5.01 Å². The van der Waals surface area contributed by atoms with Crippen LogP contribution in [0.2, 0.25) is 0 Å². The molecule has 1 heterocycles. The molecule has 0 radical (unpaired) electrons. The third-order valence-electron chi connectivity index (χ3n) is 1.60. The molecule has 1 aliphatic rings. The maximum Gasteiger partial charge on any atom is 0.0471 e. The van der Waals surface area contributed by atoms with Crippen LogP contribution in [0.1, 0.15) is 13.3 Å². The molecule has 1 unspecified atom stereocenters. The summed E-state index contributed by atoms with van der Waals surface area (Å²) >= 11 is 0. The predicted molar refractivity (Wildman–Crippen MR) is 48.3 cm³/mol. The fourth-order valence-electron chi connectivity index (χ4n) is 0.928. The van der Waals surface area contributed by atoms with Crippen LogP contribution in [0.25, 0.3) is 0 Å². The Kier molecular flexibility index (Phi) is 2.90. The van der Waals surface area contributed by atoms with Gasteiger partial charge in [-0.25, -0.2) is 0 Å². The van der Waals surface area contributed by atoms with Crippen LogP contribution in [0.3, 0.4) is 0 Å². The lowest BCUT2D eigenvalue weighted by molar-refractivity contribution is 0.491. The second-order valence-corrected chi connectivity index (χ2v) is 2.82. The van der Waals surface area contributed by atoms with Crippen molar-refractivity contribution in [2.75, 3.05) is 7.05 Å². The average molecular weight is 150 g/mol. The first-order chi connectivity index (χ1) is 5.29. The van der Waals surface area contributed by atoms with E-state index in [0.717, 1.165) is 6.42 Å².